The third-order valence-corrected chi connectivity index (χ3v) is 2.20. The van der Waals surface area contributed by atoms with Gasteiger partial charge in [-0.3, -0.25) is 4.79 Å². The summed E-state index contributed by atoms with van der Waals surface area (Å²) in [4.78, 5) is 16.2. The highest BCUT2D eigenvalue weighted by Crippen LogP contribution is 2.28. The zero-order valence-corrected chi connectivity index (χ0v) is 9.08. The molecule has 86 valence electrons. The SMILES string of the molecule is CCONCc1ccc2c(c1)NC(=O)CO2. The van der Waals surface area contributed by atoms with Crippen LogP contribution in [0.5, 0.6) is 5.75 Å². The Morgan fingerprint density at radius 1 is 1.56 bits per heavy atom. The molecule has 1 aromatic carbocycles. The van der Waals surface area contributed by atoms with Gasteiger partial charge in [0.05, 0.1) is 12.3 Å². The molecule has 1 aliphatic rings. The van der Waals surface area contributed by atoms with Gasteiger partial charge in [0.25, 0.3) is 5.91 Å². The first-order valence-corrected chi connectivity index (χ1v) is 5.20. The molecule has 0 radical (unpaired) electrons. The second-order valence-electron chi connectivity index (χ2n) is 3.42. The first-order chi connectivity index (χ1) is 7.79. The highest BCUT2D eigenvalue weighted by atomic mass is 16.6. The molecule has 0 saturated heterocycles. The smallest absolute Gasteiger partial charge is 0.262 e. The lowest BCUT2D eigenvalue weighted by Crippen LogP contribution is -2.25. The Labute approximate surface area is 93.7 Å². The average Bonchev–Trinajstić information content (AvgIpc) is 2.29. The number of rotatable bonds is 4. The number of amides is 1. The van der Waals surface area contributed by atoms with Crippen molar-refractivity contribution in [2.75, 3.05) is 18.5 Å². The number of hydrogen-bond acceptors (Lipinski definition) is 4. The second kappa shape index (κ2) is 4.96. The van der Waals surface area contributed by atoms with E-state index in [2.05, 4.69) is 10.8 Å². The predicted molar refractivity (Wildman–Crippen MR) is 59.0 cm³/mol. The summed E-state index contributed by atoms with van der Waals surface area (Å²) in [5, 5.41) is 2.76. The molecule has 1 amide bonds. The van der Waals surface area contributed by atoms with E-state index in [1.165, 1.54) is 0 Å². The van der Waals surface area contributed by atoms with Gasteiger partial charge in [0.15, 0.2) is 6.61 Å². The Kier molecular flexibility index (Phi) is 3.38. The third kappa shape index (κ3) is 2.50. The average molecular weight is 222 g/mol. The molecule has 1 aromatic rings. The molecule has 2 rings (SSSR count). The number of nitrogens with one attached hydrogen (secondary N) is 2. The Hall–Kier alpha value is -1.59. The van der Waals surface area contributed by atoms with Crippen LogP contribution in [0.15, 0.2) is 18.2 Å². The standard InChI is InChI=1S/C11H14N2O3/c1-2-16-12-6-8-3-4-10-9(5-8)13-11(14)7-15-10/h3-5,12H,2,6-7H2,1H3,(H,13,14). The lowest BCUT2D eigenvalue weighted by atomic mass is 10.1. The maximum Gasteiger partial charge on any atom is 0.262 e. The zero-order chi connectivity index (χ0) is 11.4. The maximum absolute atomic E-state index is 11.1. The van der Waals surface area contributed by atoms with Crippen molar-refractivity contribution >= 4 is 11.6 Å². The summed E-state index contributed by atoms with van der Waals surface area (Å²) >= 11 is 0. The molecule has 5 nitrogen and oxygen atoms in total. The van der Waals surface area contributed by atoms with Gasteiger partial charge in [0.2, 0.25) is 0 Å². The molecule has 0 aromatic heterocycles. The minimum Gasteiger partial charge on any atom is -0.482 e. The van der Waals surface area contributed by atoms with Crippen LogP contribution in [0, 0.1) is 0 Å². The highest BCUT2D eigenvalue weighted by molar-refractivity contribution is 5.95. The van der Waals surface area contributed by atoms with Gasteiger partial charge in [-0.1, -0.05) is 6.07 Å². The van der Waals surface area contributed by atoms with Gasteiger partial charge in [-0.15, -0.1) is 0 Å². The van der Waals surface area contributed by atoms with E-state index < -0.39 is 0 Å². The fraction of sp³-hybridized carbons (Fsp3) is 0.364. The molecule has 0 atom stereocenters. The van der Waals surface area contributed by atoms with Gasteiger partial charge < -0.3 is 14.9 Å². The van der Waals surface area contributed by atoms with Crippen LogP contribution in [0.25, 0.3) is 0 Å². The summed E-state index contributed by atoms with van der Waals surface area (Å²) < 4.78 is 5.25. The van der Waals surface area contributed by atoms with Crippen LogP contribution in [0.2, 0.25) is 0 Å². The Morgan fingerprint density at radius 3 is 3.25 bits per heavy atom. The molecule has 0 fully saturated rings. The van der Waals surface area contributed by atoms with E-state index in [1.807, 2.05) is 25.1 Å². The molecule has 0 spiro atoms. The van der Waals surface area contributed by atoms with Crippen molar-refractivity contribution in [1.29, 1.82) is 0 Å². The van der Waals surface area contributed by atoms with Crippen LogP contribution in [-0.2, 0) is 16.2 Å². The molecule has 0 unspecified atom stereocenters. The van der Waals surface area contributed by atoms with Gasteiger partial charge in [-0.25, -0.2) is 0 Å². The van der Waals surface area contributed by atoms with Crippen LogP contribution in [0.4, 0.5) is 5.69 Å². The third-order valence-electron chi connectivity index (χ3n) is 2.20. The first kappa shape index (κ1) is 10.9. The molecule has 1 heterocycles. The van der Waals surface area contributed by atoms with E-state index in [0.29, 0.717) is 24.6 Å². The number of hydrogen-bond donors (Lipinski definition) is 2. The Morgan fingerprint density at radius 2 is 2.44 bits per heavy atom. The number of carbonyl (C=O) groups excluding carboxylic acids is 1. The van der Waals surface area contributed by atoms with Gasteiger partial charge in [0.1, 0.15) is 5.75 Å². The minimum absolute atomic E-state index is 0.0868. The second-order valence-corrected chi connectivity index (χ2v) is 3.42. The van der Waals surface area contributed by atoms with Crippen LogP contribution < -0.4 is 15.5 Å². The van der Waals surface area contributed by atoms with Crippen LogP contribution in [0.1, 0.15) is 12.5 Å². The summed E-state index contributed by atoms with van der Waals surface area (Å²) in [5.74, 6) is 0.585. The Balaban J connectivity index is 2.06. The largest absolute Gasteiger partial charge is 0.482 e. The zero-order valence-electron chi connectivity index (χ0n) is 9.08. The monoisotopic (exact) mass is 222 g/mol. The van der Waals surface area contributed by atoms with Gasteiger partial charge >= 0.3 is 0 Å². The lowest BCUT2D eigenvalue weighted by Gasteiger charge is -2.18. The molecular weight excluding hydrogens is 208 g/mol. The summed E-state index contributed by atoms with van der Waals surface area (Å²) in [7, 11) is 0. The molecule has 5 heteroatoms. The van der Waals surface area contributed by atoms with Crippen LogP contribution in [-0.4, -0.2) is 19.1 Å². The fourth-order valence-electron chi connectivity index (χ4n) is 1.48. The van der Waals surface area contributed by atoms with E-state index in [4.69, 9.17) is 9.57 Å². The van der Waals surface area contributed by atoms with Crippen molar-refractivity contribution in [3.05, 3.63) is 23.8 Å². The number of benzene rings is 1. The lowest BCUT2D eigenvalue weighted by molar-refractivity contribution is -0.118. The van der Waals surface area contributed by atoms with Crippen LogP contribution >= 0.6 is 0 Å². The van der Waals surface area contributed by atoms with Gasteiger partial charge in [-0.05, 0) is 24.6 Å². The van der Waals surface area contributed by atoms with Gasteiger partial charge in [-0.2, -0.15) is 5.48 Å². The van der Waals surface area contributed by atoms with Crippen LogP contribution in [0.3, 0.4) is 0 Å². The number of hydroxylamine groups is 1. The van der Waals surface area contributed by atoms with E-state index in [0.717, 1.165) is 5.56 Å². The number of ether oxygens (including phenoxy) is 1. The van der Waals surface area contributed by atoms with Gasteiger partial charge in [0, 0.05) is 6.54 Å². The number of fused-ring (bicyclic) bond motifs is 1. The minimum atomic E-state index is -0.123. The quantitative estimate of drug-likeness (QED) is 0.590. The number of anilines is 1. The predicted octanol–water partition coefficient (Wildman–Crippen LogP) is 1.06. The molecule has 16 heavy (non-hydrogen) atoms. The van der Waals surface area contributed by atoms with Crippen molar-refractivity contribution in [3.8, 4) is 5.75 Å². The van der Waals surface area contributed by atoms with E-state index in [9.17, 15) is 4.79 Å². The van der Waals surface area contributed by atoms with E-state index in [-0.39, 0.29) is 12.5 Å². The van der Waals surface area contributed by atoms with Crippen molar-refractivity contribution < 1.29 is 14.4 Å². The highest BCUT2D eigenvalue weighted by Gasteiger charge is 2.15. The number of carbonyl (C=O) groups is 1. The molecule has 0 aliphatic carbocycles. The summed E-state index contributed by atoms with van der Waals surface area (Å²) in [6.45, 7) is 3.21. The van der Waals surface area contributed by atoms with Crippen molar-refractivity contribution in [2.45, 2.75) is 13.5 Å². The topological polar surface area (TPSA) is 59.6 Å². The molecule has 2 N–H and O–H groups in total. The van der Waals surface area contributed by atoms with Crippen molar-refractivity contribution in [3.63, 3.8) is 0 Å². The van der Waals surface area contributed by atoms with E-state index >= 15 is 0 Å². The normalized spacial score (nSPS) is 13.9. The van der Waals surface area contributed by atoms with Crippen molar-refractivity contribution in [2.24, 2.45) is 0 Å². The first-order valence-electron chi connectivity index (χ1n) is 5.20. The van der Waals surface area contributed by atoms with E-state index in [1.54, 1.807) is 0 Å². The summed E-state index contributed by atoms with van der Waals surface area (Å²) in [6.07, 6.45) is 0. The molecule has 1 aliphatic heterocycles. The summed E-state index contributed by atoms with van der Waals surface area (Å²) in [6, 6.07) is 5.65. The maximum atomic E-state index is 11.1. The molecule has 0 bridgehead atoms. The fourth-order valence-corrected chi connectivity index (χ4v) is 1.48. The Bertz CT molecular complexity index is 393. The molecular formula is C11H14N2O3. The molecule has 0 saturated carbocycles. The summed E-state index contributed by atoms with van der Waals surface area (Å²) in [5.41, 5.74) is 4.56. The van der Waals surface area contributed by atoms with Crippen molar-refractivity contribution in [1.82, 2.24) is 5.48 Å².